The number of fused-ring (bicyclic) bond motifs is 1. The molecule has 0 bridgehead atoms. The van der Waals surface area contributed by atoms with Gasteiger partial charge in [0, 0.05) is 26.6 Å². The van der Waals surface area contributed by atoms with Crippen LogP contribution < -0.4 is 16.0 Å². The number of rotatable bonds is 7. The van der Waals surface area contributed by atoms with Gasteiger partial charge in [-0.1, -0.05) is 53.7 Å². The summed E-state index contributed by atoms with van der Waals surface area (Å²) >= 11 is 0. The largest absolute Gasteiger partial charge is 0.508 e. The molecule has 13 nitrogen and oxygen atoms in total. The summed E-state index contributed by atoms with van der Waals surface area (Å²) in [5, 5.41) is 18.2. The van der Waals surface area contributed by atoms with Crippen LogP contribution in [0.5, 0.6) is 5.75 Å². The van der Waals surface area contributed by atoms with Gasteiger partial charge in [0.25, 0.3) is 5.91 Å². The third-order valence-electron chi connectivity index (χ3n) is 8.70. The van der Waals surface area contributed by atoms with E-state index in [1.807, 2.05) is 27.7 Å². The first-order chi connectivity index (χ1) is 22.6. The van der Waals surface area contributed by atoms with Crippen LogP contribution in [-0.4, -0.2) is 101 Å². The van der Waals surface area contributed by atoms with Gasteiger partial charge >= 0.3 is 5.97 Å². The summed E-state index contributed by atoms with van der Waals surface area (Å²) in [6.07, 6.45) is 0.195. The van der Waals surface area contributed by atoms with E-state index in [0.29, 0.717) is 24.8 Å². The number of carbonyl (C=O) groups is 6. The van der Waals surface area contributed by atoms with Gasteiger partial charge in [0.2, 0.25) is 23.6 Å². The van der Waals surface area contributed by atoms with Gasteiger partial charge in [-0.3, -0.25) is 28.8 Å². The Morgan fingerprint density at radius 2 is 1.46 bits per heavy atom. The Morgan fingerprint density at radius 3 is 2.06 bits per heavy atom. The number of cyclic esters (lactones) is 1. The average molecular weight is 672 g/mol. The molecule has 0 radical (unpaired) electrons. The molecule has 48 heavy (non-hydrogen) atoms. The molecule has 3 rings (SSSR count). The minimum absolute atomic E-state index is 0.0000881. The first-order valence-electron chi connectivity index (χ1n) is 17.0. The summed E-state index contributed by atoms with van der Waals surface area (Å²) in [5.41, 5.74) is 0.653. The van der Waals surface area contributed by atoms with Crippen LogP contribution in [0.15, 0.2) is 24.3 Å². The van der Waals surface area contributed by atoms with Crippen molar-refractivity contribution in [1.82, 2.24) is 25.8 Å². The highest BCUT2D eigenvalue weighted by Crippen LogP contribution is 2.23. The quantitative estimate of drug-likeness (QED) is 0.318. The van der Waals surface area contributed by atoms with Crippen LogP contribution in [0.2, 0.25) is 0 Å². The van der Waals surface area contributed by atoms with E-state index in [9.17, 15) is 33.9 Å². The molecule has 2 fully saturated rings. The van der Waals surface area contributed by atoms with Crippen molar-refractivity contribution in [3.05, 3.63) is 29.8 Å². The first-order valence-corrected chi connectivity index (χ1v) is 17.0. The fourth-order valence-electron chi connectivity index (χ4n) is 6.35. The highest BCUT2D eigenvalue weighted by molar-refractivity contribution is 5.96. The summed E-state index contributed by atoms with van der Waals surface area (Å²) < 4.78 is 5.64. The van der Waals surface area contributed by atoms with Gasteiger partial charge in [0.1, 0.15) is 29.9 Å². The first kappa shape index (κ1) is 38.3. The van der Waals surface area contributed by atoms with Crippen molar-refractivity contribution in [2.24, 2.45) is 17.8 Å². The zero-order valence-electron chi connectivity index (χ0n) is 29.3. The molecule has 0 saturated carbocycles. The van der Waals surface area contributed by atoms with Crippen LogP contribution in [0.4, 0.5) is 0 Å². The molecule has 2 aliphatic heterocycles. The minimum Gasteiger partial charge on any atom is -0.508 e. The summed E-state index contributed by atoms with van der Waals surface area (Å²) in [6, 6.07) is 2.29. The number of phenolic OH excluding ortho intramolecular Hbond substituents is 1. The van der Waals surface area contributed by atoms with Gasteiger partial charge in [-0.25, -0.2) is 0 Å². The minimum atomic E-state index is -1.13. The highest BCUT2D eigenvalue weighted by Gasteiger charge is 2.41. The smallest absolute Gasteiger partial charge is 0.308 e. The van der Waals surface area contributed by atoms with Crippen molar-refractivity contribution in [2.75, 3.05) is 20.1 Å². The number of carbonyl (C=O) groups excluding carboxylic acids is 6. The fourth-order valence-corrected chi connectivity index (χ4v) is 6.35. The SMILES string of the molecule is CC(C)CC1NC(=O)C(C(C)C)N(C)C(=O)[C@H](Cc2ccc(O)cc2)NC(=O)[C@@H]2CCCN2C(=O)C(CC(C)C)OC(=O)CCNC1=O. The normalized spacial score (nSPS) is 25.7. The second-order valence-corrected chi connectivity index (χ2v) is 14.1. The topological polar surface area (TPSA) is 174 Å². The predicted molar refractivity (Wildman–Crippen MR) is 178 cm³/mol. The summed E-state index contributed by atoms with van der Waals surface area (Å²) in [6.45, 7) is 11.4. The lowest BCUT2D eigenvalue weighted by molar-refractivity contribution is -0.162. The van der Waals surface area contributed by atoms with Gasteiger partial charge in [-0.15, -0.1) is 0 Å². The van der Waals surface area contributed by atoms with Crippen LogP contribution in [0, 0.1) is 17.8 Å². The van der Waals surface area contributed by atoms with Gasteiger partial charge in [0.15, 0.2) is 6.10 Å². The maximum absolute atomic E-state index is 14.2. The molecular weight excluding hydrogens is 618 g/mol. The van der Waals surface area contributed by atoms with Crippen LogP contribution in [-0.2, 0) is 39.9 Å². The third-order valence-corrected chi connectivity index (χ3v) is 8.70. The van der Waals surface area contributed by atoms with Crippen LogP contribution >= 0.6 is 0 Å². The second kappa shape index (κ2) is 17.3. The number of esters is 1. The number of benzene rings is 1. The number of nitrogens with zero attached hydrogens (tertiary/aromatic N) is 2. The van der Waals surface area contributed by atoms with Gasteiger partial charge in [-0.2, -0.15) is 0 Å². The van der Waals surface area contributed by atoms with E-state index in [2.05, 4.69) is 16.0 Å². The van der Waals surface area contributed by atoms with E-state index >= 15 is 0 Å². The van der Waals surface area contributed by atoms with E-state index in [0.717, 1.165) is 0 Å². The van der Waals surface area contributed by atoms with Crippen molar-refractivity contribution >= 4 is 35.5 Å². The molecule has 0 aliphatic carbocycles. The van der Waals surface area contributed by atoms with E-state index in [-0.39, 0.29) is 55.9 Å². The zero-order valence-corrected chi connectivity index (χ0v) is 29.3. The Morgan fingerprint density at radius 1 is 0.833 bits per heavy atom. The van der Waals surface area contributed by atoms with Crippen LogP contribution in [0.3, 0.4) is 0 Å². The van der Waals surface area contributed by atoms with Crippen molar-refractivity contribution < 1.29 is 38.6 Å². The Bertz CT molecular complexity index is 1310. The molecule has 1 aromatic rings. The van der Waals surface area contributed by atoms with Crippen molar-refractivity contribution in [2.45, 2.75) is 110 Å². The van der Waals surface area contributed by atoms with E-state index in [1.165, 1.54) is 29.0 Å². The average Bonchev–Trinajstić information content (AvgIpc) is 3.49. The molecule has 4 N–H and O–H groups in total. The predicted octanol–water partition coefficient (Wildman–Crippen LogP) is 1.90. The maximum atomic E-state index is 14.2. The maximum Gasteiger partial charge on any atom is 0.308 e. The summed E-state index contributed by atoms with van der Waals surface area (Å²) in [7, 11) is 1.49. The Labute approximate surface area is 283 Å². The third kappa shape index (κ3) is 10.4. The fraction of sp³-hybridized carbons (Fsp3) is 0.657. The van der Waals surface area contributed by atoms with Gasteiger partial charge in [0.05, 0.1) is 6.42 Å². The lowest BCUT2D eigenvalue weighted by Gasteiger charge is -2.35. The van der Waals surface area contributed by atoms with Crippen molar-refractivity contribution in [3.8, 4) is 5.75 Å². The molecule has 2 saturated heterocycles. The molecule has 5 atom stereocenters. The Hall–Kier alpha value is -4.16. The monoisotopic (exact) mass is 671 g/mol. The lowest BCUT2D eigenvalue weighted by atomic mass is 9.97. The summed E-state index contributed by atoms with van der Waals surface area (Å²) in [5.74, 6) is -3.51. The van der Waals surface area contributed by atoms with E-state index < -0.39 is 65.8 Å². The molecule has 0 spiro atoms. The molecule has 2 heterocycles. The number of amides is 5. The van der Waals surface area contributed by atoms with Crippen LogP contribution in [0.25, 0.3) is 0 Å². The molecule has 1 aromatic carbocycles. The highest BCUT2D eigenvalue weighted by atomic mass is 16.5. The number of phenols is 1. The number of hydrogen-bond acceptors (Lipinski definition) is 8. The molecule has 266 valence electrons. The molecule has 2 aliphatic rings. The van der Waals surface area contributed by atoms with E-state index in [4.69, 9.17) is 4.74 Å². The lowest BCUT2D eigenvalue weighted by Crippen LogP contribution is -2.60. The number of nitrogens with one attached hydrogen (secondary N) is 3. The zero-order chi connectivity index (χ0) is 35.7. The number of likely N-dealkylation sites (N-methyl/N-ethyl adjacent to an activating group) is 1. The summed E-state index contributed by atoms with van der Waals surface area (Å²) in [4.78, 5) is 84.6. The Balaban J connectivity index is 2.05. The Kier molecular flexibility index (Phi) is 13.8. The number of hydrogen-bond donors (Lipinski definition) is 4. The molecular formula is C35H53N5O8. The van der Waals surface area contributed by atoms with Gasteiger partial charge < -0.3 is 35.6 Å². The molecule has 13 heteroatoms. The second-order valence-electron chi connectivity index (χ2n) is 14.1. The molecule has 5 amide bonds. The number of aromatic hydroxyl groups is 1. The molecule has 0 aromatic heterocycles. The van der Waals surface area contributed by atoms with Gasteiger partial charge in [-0.05, 0) is 61.1 Å². The standard InChI is InChI=1S/C35H53N5O8/c1-20(2)17-25-31(43)36-15-14-29(42)48-28(18-21(3)4)35(47)40-16-8-9-27(40)32(44)38-26(19-23-10-12-24(41)13-11-23)34(46)39(7)30(22(5)6)33(45)37-25/h10-13,20-22,25-28,30,41H,8-9,14-19H2,1-7H3,(H,36,43)(H,37,45)(H,38,44)/t25?,26-,27-,28?,30?/m0/s1. The molecule has 3 unspecified atom stereocenters. The van der Waals surface area contributed by atoms with Crippen LogP contribution in [0.1, 0.15) is 79.2 Å². The van der Waals surface area contributed by atoms with Crippen molar-refractivity contribution in [1.29, 1.82) is 0 Å². The van der Waals surface area contributed by atoms with Crippen molar-refractivity contribution in [3.63, 3.8) is 0 Å². The number of ether oxygens (including phenoxy) is 1. The van der Waals surface area contributed by atoms with E-state index in [1.54, 1.807) is 26.0 Å².